The fourth-order valence-electron chi connectivity index (χ4n) is 2.72. The third kappa shape index (κ3) is 4.09. The van der Waals surface area contributed by atoms with E-state index in [1.807, 2.05) is 32.9 Å². The van der Waals surface area contributed by atoms with Gasteiger partial charge in [-0.1, -0.05) is 39.8 Å². The van der Waals surface area contributed by atoms with Crippen LogP contribution in [0.2, 0.25) is 0 Å². The van der Waals surface area contributed by atoms with Gasteiger partial charge < -0.3 is 10.2 Å². The van der Waals surface area contributed by atoms with Gasteiger partial charge in [0.05, 0.1) is 0 Å². The first kappa shape index (κ1) is 16.7. The molecule has 2 atom stereocenters. The minimum atomic E-state index is -0.358. The third-order valence-corrected chi connectivity index (χ3v) is 3.61. The molecular formula is C16H28N2O2. The molecule has 0 radical (unpaired) electrons. The van der Waals surface area contributed by atoms with Gasteiger partial charge in [-0.25, -0.2) is 0 Å². The molecule has 0 saturated carbocycles. The molecule has 1 aliphatic heterocycles. The van der Waals surface area contributed by atoms with E-state index in [1.54, 1.807) is 4.90 Å². The normalized spacial score (nSPS) is 24.1. The zero-order valence-electron chi connectivity index (χ0n) is 13.3. The van der Waals surface area contributed by atoms with E-state index in [1.165, 1.54) is 0 Å². The molecule has 20 heavy (non-hydrogen) atoms. The Labute approximate surface area is 122 Å². The smallest absolute Gasteiger partial charge is 0.245 e. The van der Waals surface area contributed by atoms with Crippen molar-refractivity contribution in [1.29, 1.82) is 0 Å². The van der Waals surface area contributed by atoms with Gasteiger partial charge in [-0.15, -0.1) is 0 Å². The van der Waals surface area contributed by atoms with Crippen molar-refractivity contribution in [3.8, 4) is 0 Å². The Kier molecular flexibility index (Phi) is 6.24. The van der Waals surface area contributed by atoms with E-state index in [9.17, 15) is 9.59 Å². The second kappa shape index (κ2) is 7.46. The Morgan fingerprint density at radius 1 is 1.25 bits per heavy atom. The summed E-state index contributed by atoms with van der Waals surface area (Å²) in [6.07, 6.45) is 5.52. The number of carbonyl (C=O) groups is 2. The lowest BCUT2D eigenvalue weighted by atomic mass is 9.93. The van der Waals surface area contributed by atoms with Crippen LogP contribution >= 0.6 is 0 Å². The van der Waals surface area contributed by atoms with Crippen molar-refractivity contribution >= 4 is 11.8 Å². The van der Waals surface area contributed by atoms with Crippen LogP contribution in [0.1, 0.15) is 47.5 Å². The SMILES string of the molecule is C/C=C/CCN1C(=O)C(CC(C)C)NC(=O)C1C(C)C. The summed E-state index contributed by atoms with van der Waals surface area (Å²) in [6.45, 7) is 10.7. The van der Waals surface area contributed by atoms with Crippen LogP contribution in [0.25, 0.3) is 0 Å². The van der Waals surface area contributed by atoms with Crippen LogP contribution in [0.3, 0.4) is 0 Å². The van der Waals surface area contributed by atoms with Crippen molar-refractivity contribution in [2.24, 2.45) is 11.8 Å². The molecule has 0 aromatic rings. The fourth-order valence-corrected chi connectivity index (χ4v) is 2.72. The summed E-state index contributed by atoms with van der Waals surface area (Å²) in [5.74, 6) is 0.578. The predicted molar refractivity (Wildman–Crippen MR) is 81.2 cm³/mol. The van der Waals surface area contributed by atoms with Gasteiger partial charge in [0.15, 0.2) is 0 Å². The van der Waals surface area contributed by atoms with E-state index in [-0.39, 0.29) is 29.8 Å². The lowest BCUT2D eigenvalue weighted by Crippen LogP contribution is -2.65. The molecule has 0 aromatic carbocycles. The summed E-state index contributed by atoms with van der Waals surface area (Å²) < 4.78 is 0. The monoisotopic (exact) mass is 280 g/mol. The Bertz CT molecular complexity index is 375. The van der Waals surface area contributed by atoms with E-state index >= 15 is 0 Å². The van der Waals surface area contributed by atoms with Gasteiger partial charge in [-0.05, 0) is 31.6 Å². The van der Waals surface area contributed by atoms with Crippen molar-refractivity contribution in [2.45, 2.75) is 59.5 Å². The van der Waals surface area contributed by atoms with Crippen LogP contribution in [0.5, 0.6) is 0 Å². The highest BCUT2D eigenvalue weighted by atomic mass is 16.2. The molecule has 1 aliphatic rings. The van der Waals surface area contributed by atoms with Crippen molar-refractivity contribution in [3.05, 3.63) is 12.2 Å². The molecule has 4 heteroatoms. The minimum Gasteiger partial charge on any atom is -0.342 e. The molecule has 0 aliphatic carbocycles. The van der Waals surface area contributed by atoms with E-state index in [4.69, 9.17) is 0 Å². The van der Waals surface area contributed by atoms with Gasteiger partial charge in [0.25, 0.3) is 0 Å². The Balaban J connectivity index is 2.88. The Morgan fingerprint density at radius 3 is 2.40 bits per heavy atom. The summed E-state index contributed by atoms with van der Waals surface area (Å²) in [7, 11) is 0. The Morgan fingerprint density at radius 2 is 1.90 bits per heavy atom. The molecule has 1 rings (SSSR count). The van der Waals surface area contributed by atoms with Crippen LogP contribution in [0.4, 0.5) is 0 Å². The summed E-state index contributed by atoms with van der Waals surface area (Å²) in [6, 6.07) is -0.695. The topological polar surface area (TPSA) is 49.4 Å². The fraction of sp³-hybridized carbons (Fsp3) is 0.750. The lowest BCUT2D eigenvalue weighted by Gasteiger charge is -2.41. The van der Waals surface area contributed by atoms with E-state index in [0.29, 0.717) is 18.9 Å². The number of carbonyl (C=O) groups excluding carboxylic acids is 2. The van der Waals surface area contributed by atoms with Crippen LogP contribution in [0, 0.1) is 11.8 Å². The molecule has 1 saturated heterocycles. The predicted octanol–water partition coefficient (Wildman–Crippen LogP) is 2.35. The first-order valence-corrected chi connectivity index (χ1v) is 7.60. The largest absolute Gasteiger partial charge is 0.342 e. The average Bonchev–Trinajstić information content (AvgIpc) is 2.33. The quantitative estimate of drug-likeness (QED) is 0.759. The van der Waals surface area contributed by atoms with Crippen LogP contribution in [-0.2, 0) is 9.59 Å². The molecule has 4 nitrogen and oxygen atoms in total. The van der Waals surface area contributed by atoms with Gasteiger partial charge in [0, 0.05) is 6.54 Å². The maximum absolute atomic E-state index is 12.6. The summed E-state index contributed by atoms with van der Waals surface area (Å²) in [5, 5.41) is 2.90. The molecular weight excluding hydrogens is 252 g/mol. The molecule has 1 N–H and O–H groups in total. The zero-order chi connectivity index (χ0) is 15.3. The second-order valence-corrected chi connectivity index (χ2v) is 6.27. The summed E-state index contributed by atoms with van der Waals surface area (Å²) in [5.41, 5.74) is 0. The number of nitrogens with zero attached hydrogens (tertiary/aromatic N) is 1. The molecule has 0 aromatic heterocycles. The first-order valence-electron chi connectivity index (χ1n) is 7.60. The molecule has 2 unspecified atom stereocenters. The highest BCUT2D eigenvalue weighted by Crippen LogP contribution is 2.20. The number of rotatable bonds is 6. The van der Waals surface area contributed by atoms with E-state index in [2.05, 4.69) is 19.2 Å². The number of hydrogen-bond donors (Lipinski definition) is 1. The van der Waals surface area contributed by atoms with E-state index < -0.39 is 0 Å². The second-order valence-electron chi connectivity index (χ2n) is 6.27. The maximum Gasteiger partial charge on any atom is 0.245 e. The van der Waals surface area contributed by atoms with Gasteiger partial charge in [-0.3, -0.25) is 9.59 Å². The van der Waals surface area contributed by atoms with Gasteiger partial charge in [0.2, 0.25) is 11.8 Å². The first-order chi connectivity index (χ1) is 9.38. The molecule has 1 fully saturated rings. The molecule has 2 amide bonds. The van der Waals surface area contributed by atoms with E-state index in [0.717, 1.165) is 6.42 Å². The Hall–Kier alpha value is -1.32. The summed E-state index contributed by atoms with van der Waals surface area (Å²) >= 11 is 0. The number of allylic oxidation sites excluding steroid dienone is 1. The molecule has 114 valence electrons. The molecule has 1 heterocycles. The standard InChI is InChI=1S/C16H28N2O2/c1-6-7-8-9-18-14(12(4)5)15(19)17-13(16(18)20)10-11(2)3/h6-7,11-14H,8-10H2,1-5H3,(H,17,19)/b7-6+. The van der Waals surface area contributed by atoms with Crippen LogP contribution < -0.4 is 5.32 Å². The van der Waals surface area contributed by atoms with Crippen LogP contribution in [-0.4, -0.2) is 35.3 Å². The lowest BCUT2D eigenvalue weighted by molar-refractivity contribution is -0.151. The van der Waals surface area contributed by atoms with Gasteiger partial charge >= 0.3 is 0 Å². The maximum atomic E-state index is 12.6. The summed E-state index contributed by atoms with van der Waals surface area (Å²) in [4.78, 5) is 26.7. The molecule has 0 spiro atoms. The number of hydrogen-bond acceptors (Lipinski definition) is 2. The highest BCUT2D eigenvalue weighted by Gasteiger charge is 2.41. The number of piperazine rings is 1. The van der Waals surface area contributed by atoms with Crippen LogP contribution in [0.15, 0.2) is 12.2 Å². The highest BCUT2D eigenvalue weighted by molar-refractivity contribution is 5.97. The minimum absolute atomic E-state index is 0.00859. The van der Waals surface area contributed by atoms with Crippen molar-refractivity contribution in [3.63, 3.8) is 0 Å². The van der Waals surface area contributed by atoms with Gasteiger partial charge in [0.1, 0.15) is 12.1 Å². The third-order valence-electron chi connectivity index (χ3n) is 3.61. The van der Waals surface area contributed by atoms with Crippen molar-refractivity contribution in [1.82, 2.24) is 10.2 Å². The van der Waals surface area contributed by atoms with Crippen molar-refractivity contribution < 1.29 is 9.59 Å². The number of nitrogens with one attached hydrogen (secondary N) is 1. The molecule has 0 bridgehead atoms. The van der Waals surface area contributed by atoms with Gasteiger partial charge in [-0.2, -0.15) is 0 Å². The number of amides is 2. The zero-order valence-corrected chi connectivity index (χ0v) is 13.3. The average molecular weight is 280 g/mol. The van der Waals surface area contributed by atoms with Crippen molar-refractivity contribution in [2.75, 3.05) is 6.54 Å².